The van der Waals surface area contributed by atoms with E-state index in [1.54, 1.807) is 0 Å². The molecule has 1 fully saturated rings. The summed E-state index contributed by atoms with van der Waals surface area (Å²) in [4.78, 5) is 0. The Morgan fingerprint density at radius 1 is 1.23 bits per heavy atom. The molecule has 1 atom stereocenters. The van der Waals surface area contributed by atoms with Crippen molar-refractivity contribution >= 4 is 0 Å². The molecule has 0 amide bonds. The molecule has 0 saturated carbocycles. The highest BCUT2D eigenvalue weighted by Crippen LogP contribution is 2.47. The van der Waals surface area contributed by atoms with Crippen molar-refractivity contribution in [3.8, 4) is 0 Å². The second-order valence-corrected chi connectivity index (χ2v) is 5.95. The third-order valence-electron chi connectivity index (χ3n) is 4.13. The average Bonchev–Trinajstić information content (AvgIpc) is 2.80. The molecular formula is C20H37NO. The largest absolute Gasteiger partial charge is 0.493 e. The zero-order chi connectivity index (χ0) is 17.0. The first-order valence-corrected chi connectivity index (χ1v) is 8.96. The van der Waals surface area contributed by atoms with E-state index in [1.807, 2.05) is 20.9 Å². The number of unbranched alkanes of at least 4 members (excludes halogenated alkanes) is 2. The summed E-state index contributed by atoms with van der Waals surface area (Å²) in [7, 11) is 1.95. The molecule has 0 aromatic heterocycles. The van der Waals surface area contributed by atoms with Crippen LogP contribution in [0.15, 0.2) is 36.1 Å². The molecule has 1 aliphatic rings. The minimum absolute atomic E-state index is 0.164. The predicted octanol–water partition coefficient (Wildman–Crippen LogP) is 5.63. The first kappa shape index (κ1) is 21.0. The summed E-state index contributed by atoms with van der Waals surface area (Å²) in [6.45, 7) is 18.3. The summed E-state index contributed by atoms with van der Waals surface area (Å²) in [5.41, 5.74) is 2.55. The Balaban J connectivity index is 0.00000211. The topological polar surface area (TPSA) is 21.3 Å². The normalized spacial score (nSPS) is 22.2. The average molecular weight is 308 g/mol. The van der Waals surface area contributed by atoms with Gasteiger partial charge in [0, 0.05) is 17.5 Å². The number of hydrogen-bond acceptors (Lipinski definition) is 2. The minimum atomic E-state index is 0.164. The smallest absolute Gasteiger partial charge is 0.116 e. The fourth-order valence-corrected chi connectivity index (χ4v) is 3.12. The van der Waals surface area contributed by atoms with Gasteiger partial charge >= 0.3 is 0 Å². The monoisotopic (exact) mass is 307 g/mol. The van der Waals surface area contributed by atoms with E-state index in [-0.39, 0.29) is 5.41 Å². The molecule has 0 spiro atoms. The molecule has 0 bridgehead atoms. The van der Waals surface area contributed by atoms with Gasteiger partial charge in [0.05, 0.1) is 6.61 Å². The summed E-state index contributed by atoms with van der Waals surface area (Å²) in [5, 5.41) is 3.15. The highest BCUT2D eigenvalue weighted by atomic mass is 16.5. The van der Waals surface area contributed by atoms with Gasteiger partial charge < -0.3 is 10.1 Å². The maximum Gasteiger partial charge on any atom is 0.116 e. The van der Waals surface area contributed by atoms with E-state index in [4.69, 9.17) is 4.74 Å². The lowest BCUT2D eigenvalue weighted by molar-refractivity contribution is 0.167. The van der Waals surface area contributed by atoms with Crippen molar-refractivity contribution < 1.29 is 4.74 Å². The van der Waals surface area contributed by atoms with Gasteiger partial charge in [0.15, 0.2) is 0 Å². The maximum absolute atomic E-state index is 5.82. The molecule has 0 aliphatic carbocycles. The van der Waals surface area contributed by atoms with Gasteiger partial charge in [0.1, 0.15) is 5.76 Å². The van der Waals surface area contributed by atoms with Crippen molar-refractivity contribution in [1.82, 2.24) is 5.32 Å². The lowest BCUT2D eigenvalue weighted by Crippen LogP contribution is -2.23. The van der Waals surface area contributed by atoms with Gasteiger partial charge in [0.2, 0.25) is 0 Å². The van der Waals surface area contributed by atoms with E-state index in [9.17, 15) is 0 Å². The van der Waals surface area contributed by atoms with Crippen molar-refractivity contribution in [2.45, 2.75) is 66.2 Å². The second kappa shape index (κ2) is 11.5. The number of nitrogens with one attached hydrogen (secondary N) is 1. The van der Waals surface area contributed by atoms with Crippen LogP contribution in [0.1, 0.15) is 66.2 Å². The van der Waals surface area contributed by atoms with E-state index >= 15 is 0 Å². The van der Waals surface area contributed by atoms with Crippen molar-refractivity contribution in [3.05, 3.63) is 36.1 Å². The van der Waals surface area contributed by atoms with E-state index in [2.05, 4.69) is 38.4 Å². The summed E-state index contributed by atoms with van der Waals surface area (Å²) in [6.07, 6.45) is 9.58. The highest BCUT2D eigenvalue weighted by Gasteiger charge is 2.41. The Labute approximate surface area is 138 Å². The molecule has 22 heavy (non-hydrogen) atoms. The maximum atomic E-state index is 5.82. The molecule has 0 aromatic rings. The van der Waals surface area contributed by atoms with Crippen LogP contribution < -0.4 is 5.32 Å². The van der Waals surface area contributed by atoms with Gasteiger partial charge in [-0.3, -0.25) is 0 Å². The van der Waals surface area contributed by atoms with Crippen molar-refractivity contribution in [1.29, 1.82) is 0 Å². The van der Waals surface area contributed by atoms with Crippen LogP contribution >= 0.6 is 0 Å². The summed E-state index contributed by atoms with van der Waals surface area (Å²) < 4.78 is 5.82. The zero-order valence-corrected chi connectivity index (χ0v) is 15.6. The number of likely N-dealkylation sites (N-methyl/N-ethyl adjacent to an activating group) is 1. The number of hydrogen-bond donors (Lipinski definition) is 1. The standard InChI is InChI=1S/C18H31NO.C2H6/c1-6-8-9-11-18(10-7-2)14-20-16(4)17(18)12-15(3)13-19-5;1-2/h12,19H,3-4,6-11,13-14H2,1-2,5H3;1-2H3/b17-12+;. The van der Waals surface area contributed by atoms with Gasteiger partial charge in [-0.1, -0.05) is 72.6 Å². The van der Waals surface area contributed by atoms with Crippen LogP contribution in [0.3, 0.4) is 0 Å². The number of allylic oxidation sites excluding steroid dienone is 1. The Kier molecular flexibility index (Phi) is 11.0. The molecule has 1 rings (SSSR count). The van der Waals surface area contributed by atoms with Gasteiger partial charge in [-0.2, -0.15) is 0 Å². The van der Waals surface area contributed by atoms with Gasteiger partial charge in [-0.25, -0.2) is 0 Å². The van der Waals surface area contributed by atoms with Crippen LogP contribution in [0.5, 0.6) is 0 Å². The summed E-state index contributed by atoms with van der Waals surface area (Å²) in [6, 6.07) is 0. The predicted molar refractivity (Wildman–Crippen MR) is 99.1 cm³/mol. The molecule has 2 heteroatoms. The van der Waals surface area contributed by atoms with E-state index in [1.165, 1.54) is 44.1 Å². The molecule has 1 saturated heterocycles. The zero-order valence-electron chi connectivity index (χ0n) is 15.6. The Morgan fingerprint density at radius 2 is 1.91 bits per heavy atom. The van der Waals surface area contributed by atoms with Gasteiger partial charge in [-0.05, 0) is 25.5 Å². The van der Waals surface area contributed by atoms with Crippen LogP contribution in [0, 0.1) is 5.41 Å². The molecule has 0 aromatic carbocycles. The Bertz CT molecular complexity index is 370. The van der Waals surface area contributed by atoms with Gasteiger partial charge in [0.25, 0.3) is 0 Å². The molecular weight excluding hydrogens is 270 g/mol. The van der Waals surface area contributed by atoms with Crippen LogP contribution in [-0.2, 0) is 4.74 Å². The lowest BCUT2D eigenvalue weighted by atomic mass is 9.73. The van der Waals surface area contributed by atoms with E-state index in [0.29, 0.717) is 0 Å². The third-order valence-corrected chi connectivity index (χ3v) is 4.13. The van der Waals surface area contributed by atoms with Crippen LogP contribution in [0.4, 0.5) is 0 Å². The quantitative estimate of drug-likeness (QED) is 0.558. The van der Waals surface area contributed by atoms with E-state index < -0.39 is 0 Å². The molecule has 1 N–H and O–H groups in total. The molecule has 2 nitrogen and oxygen atoms in total. The SMILES string of the molecule is C=C(/C=C1\C(=C)OCC1(CCC)CCCCC)CNC.CC. The van der Waals surface area contributed by atoms with Crippen LogP contribution in [0.2, 0.25) is 0 Å². The number of ether oxygens (including phenoxy) is 1. The molecule has 0 radical (unpaired) electrons. The Hall–Kier alpha value is -1.02. The number of rotatable bonds is 9. The third kappa shape index (κ3) is 6.00. The van der Waals surface area contributed by atoms with Crippen LogP contribution in [0.25, 0.3) is 0 Å². The Morgan fingerprint density at radius 3 is 2.45 bits per heavy atom. The fraction of sp³-hybridized carbons (Fsp3) is 0.700. The lowest BCUT2D eigenvalue weighted by Gasteiger charge is -2.28. The molecule has 1 unspecified atom stereocenters. The van der Waals surface area contributed by atoms with Crippen molar-refractivity contribution in [3.63, 3.8) is 0 Å². The summed E-state index contributed by atoms with van der Waals surface area (Å²) in [5.74, 6) is 0.854. The van der Waals surface area contributed by atoms with Gasteiger partial charge in [-0.15, -0.1) is 0 Å². The molecule has 128 valence electrons. The van der Waals surface area contributed by atoms with Crippen molar-refractivity contribution in [2.24, 2.45) is 5.41 Å². The van der Waals surface area contributed by atoms with Crippen molar-refractivity contribution in [2.75, 3.05) is 20.2 Å². The van der Waals surface area contributed by atoms with E-state index in [0.717, 1.165) is 24.5 Å². The summed E-state index contributed by atoms with van der Waals surface area (Å²) >= 11 is 0. The highest BCUT2D eigenvalue weighted by molar-refractivity contribution is 5.40. The van der Waals surface area contributed by atoms with Crippen LogP contribution in [-0.4, -0.2) is 20.2 Å². The molecule has 1 aliphatic heterocycles. The molecule has 1 heterocycles. The second-order valence-electron chi connectivity index (χ2n) is 5.95. The fourth-order valence-electron chi connectivity index (χ4n) is 3.12. The first-order chi connectivity index (χ1) is 10.6. The first-order valence-electron chi connectivity index (χ1n) is 8.96. The minimum Gasteiger partial charge on any atom is -0.493 e.